The molecule has 0 aromatic heterocycles. The smallest absolute Gasteiger partial charge is 0.270 e. The van der Waals surface area contributed by atoms with Gasteiger partial charge in [-0.25, -0.2) is 13.1 Å². The van der Waals surface area contributed by atoms with Crippen LogP contribution in [0.5, 0.6) is 0 Å². The number of hydrogen-bond acceptors (Lipinski definition) is 5. The minimum atomic E-state index is -3.41. The number of non-ortho nitro benzene ring substituents is 1. The predicted molar refractivity (Wildman–Crippen MR) is 73.3 cm³/mol. The molecule has 0 saturated heterocycles. The number of rotatable bonds is 6. The third-order valence-corrected chi connectivity index (χ3v) is 4.05. The topological polar surface area (TPSA) is 118 Å². The van der Waals surface area contributed by atoms with E-state index in [0.29, 0.717) is 0 Å². The zero-order valence-corrected chi connectivity index (χ0v) is 12.0. The van der Waals surface area contributed by atoms with Gasteiger partial charge in [-0.05, 0) is 13.1 Å². The molecule has 1 aromatic rings. The summed E-state index contributed by atoms with van der Waals surface area (Å²) in [6, 6.07) is 3.41. The second-order valence-corrected chi connectivity index (χ2v) is 6.15. The number of sulfonamides is 1. The van der Waals surface area contributed by atoms with Crippen molar-refractivity contribution in [2.24, 2.45) is 0 Å². The molecule has 0 bridgehead atoms. The molecule has 20 heavy (non-hydrogen) atoms. The summed E-state index contributed by atoms with van der Waals surface area (Å²) in [5.74, 6) is -0.879. The third kappa shape index (κ3) is 4.44. The van der Waals surface area contributed by atoms with Gasteiger partial charge in [-0.2, -0.15) is 0 Å². The van der Waals surface area contributed by atoms with E-state index in [4.69, 9.17) is 11.6 Å². The highest BCUT2D eigenvalue weighted by Gasteiger charge is 2.15. The quantitative estimate of drug-likeness (QED) is 0.585. The molecule has 2 N–H and O–H groups in total. The first kappa shape index (κ1) is 16.3. The van der Waals surface area contributed by atoms with E-state index in [2.05, 4.69) is 10.0 Å². The van der Waals surface area contributed by atoms with Crippen molar-refractivity contribution in [3.8, 4) is 0 Å². The van der Waals surface area contributed by atoms with Crippen LogP contribution in [0.2, 0.25) is 5.02 Å². The van der Waals surface area contributed by atoms with Gasteiger partial charge >= 0.3 is 0 Å². The van der Waals surface area contributed by atoms with Gasteiger partial charge in [-0.1, -0.05) is 11.6 Å². The number of carbonyl (C=O) groups is 1. The Bertz CT molecular complexity index is 632. The fourth-order valence-electron chi connectivity index (χ4n) is 1.30. The standard InChI is InChI=1S/C10H12ClN3O5S/c1-12-20(18,19)5-4-13-10(15)8-3-2-7(14(16)17)6-9(8)11/h2-3,6,12H,4-5H2,1H3,(H,13,15). The molecule has 10 heteroatoms. The van der Waals surface area contributed by atoms with Gasteiger partial charge in [-0.3, -0.25) is 14.9 Å². The number of nitro benzene ring substituents is 1. The lowest BCUT2D eigenvalue weighted by Gasteiger charge is -2.07. The van der Waals surface area contributed by atoms with E-state index in [9.17, 15) is 23.3 Å². The molecular formula is C10H12ClN3O5S. The van der Waals surface area contributed by atoms with Crippen LogP contribution in [0.25, 0.3) is 0 Å². The summed E-state index contributed by atoms with van der Waals surface area (Å²) in [5, 5.41) is 12.8. The first-order valence-electron chi connectivity index (χ1n) is 5.40. The second-order valence-electron chi connectivity index (χ2n) is 3.70. The molecule has 0 aliphatic rings. The number of nitrogens with zero attached hydrogens (tertiary/aromatic N) is 1. The van der Waals surface area contributed by atoms with Crippen molar-refractivity contribution >= 4 is 33.2 Å². The van der Waals surface area contributed by atoms with Crippen molar-refractivity contribution in [2.45, 2.75) is 0 Å². The van der Waals surface area contributed by atoms with Crippen LogP contribution in [0.3, 0.4) is 0 Å². The van der Waals surface area contributed by atoms with Crippen molar-refractivity contribution in [1.82, 2.24) is 10.0 Å². The van der Waals surface area contributed by atoms with Gasteiger partial charge in [0.25, 0.3) is 11.6 Å². The van der Waals surface area contributed by atoms with Crippen LogP contribution in [0.1, 0.15) is 10.4 Å². The molecule has 0 saturated carbocycles. The second kappa shape index (κ2) is 6.64. The molecule has 110 valence electrons. The average Bonchev–Trinajstić information content (AvgIpc) is 2.38. The minimum absolute atomic E-state index is 0.0409. The van der Waals surface area contributed by atoms with Gasteiger partial charge in [0.2, 0.25) is 10.0 Å². The van der Waals surface area contributed by atoms with Crippen LogP contribution in [0.15, 0.2) is 18.2 Å². The number of benzene rings is 1. The van der Waals surface area contributed by atoms with E-state index >= 15 is 0 Å². The summed E-state index contributed by atoms with van der Waals surface area (Å²) < 4.78 is 24.4. The maximum absolute atomic E-state index is 11.7. The summed E-state index contributed by atoms with van der Waals surface area (Å²) in [7, 11) is -2.14. The Morgan fingerprint density at radius 3 is 2.60 bits per heavy atom. The first-order valence-corrected chi connectivity index (χ1v) is 7.43. The lowest BCUT2D eigenvalue weighted by molar-refractivity contribution is -0.384. The highest BCUT2D eigenvalue weighted by molar-refractivity contribution is 7.89. The van der Waals surface area contributed by atoms with Crippen molar-refractivity contribution in [3.05, 3.63) is 38.9 Å². The summed E-state index contributed by atoms with van der Waals surface area (Å²) >= 11 is 5.77. The van der Waals surface area contributed by atoms with Crippen LogP contribution in [-0.4, -0.2) is 38.6 Å². The number of hydrogen-bond donors (Lipinski definition) is 2. The molecular weight excluding hydrogens is 310 g/mol. The Kier molecular flexibility index (Phi) is 5.43. The highest BCUT2D eigenvalue weighted by atomic mass is 35.5. The van der Waals surface area contributed by atoms with Crippen LogP contribution in [0.4, 0.5) is 5.69 Å². The zero-order valence-electron chi connectivity index (χ0n) is 10.4. The van der Waals surface area contributed by atoms with Gasteiger partial charge in [0.15, 0.2) is 0 Å². The number of amides is 1. The molecule has 1 aromatic carbocycles. The number of carbonyl (C=O) groups excluding carboxylic acids is 1. The van der Waals surface area contributed by atoms with E-state index in [1.54, 1.807) is 0 Å². The molecule has 0 fully saturated rings. The van der Waals surface area contributed by atoms with E-state index in [1.165, 1.54) is 13.1 Å². The molecule has 1 amide bonds. The van der Waals surface area contributed by atoms with Gasteiger partial charge < -0.3 is 5.32 Å². The molecule has 1 rings (SSSR count). The lowest BCUT2D eigenvalue weighted by atomic mass is 10.2. The summed E-state index contributed by atoms with van der Waals surface area (Å²) in [4.78, 5) is 21.6. The predicted octanol–water partition coefficient (Wildman–Crippen LogP) is 0.527. The highest BCUT2D eigenvalue weighted by Crippen LogP contribution is 2.22. The van der Waals surface area contributed by atoms with E-state index < -0.39 is 20.9 Å². The van der Waals surface area contributed by atoms with Crippen LogP contribution in [-0.2, 0) is 10.0 Å². The first-order chi connectivity index (χ1) is 9.26. The zero-order chi connectivity index (χ0) is 15.3. The number of nitrogens with one attached hydrogen (secondary N) is 2. The lowest BCUT2D eigenvalue weighted by Crippen LogP contribution is -2.33. The van der Waals surface area contributed by atoms with Crippen molar-refractivity contribution in [1.29, 1.82) is 0 Å². The Morgan fingerprint density at radius 1 is 1.45 bits per heavy atom. The number of nitro groups is 1. The van der Waals surface area contributed by atoms with Crippen molar-refractivity contribution in [3.63, 3.8) is 0 Å². The van der Waals surface area contributed by atoms with Crippen LogP contribution in [0, 0.1) is 10.1 Å². The van der Waals surface area contributed by atoms with E-state index in [0.717, 1.165) is 12.1 Å². The molecule has 0 heterocycles. The molecule has 0 atom stereocenters. The molecule has 0 aliphatic carbocycles. The summed E-state index contributed by atoms with van der Waals surface area (Å²) in [6.45, 7) is -0.102. The molecule has 0 unspecified atom stereocenters. The average molecular weight is 322 g/mol. The Hall–Kier alpha value is -1.71. The summed E-state index contributed by atoms with van der Waals surface area (Å²) in [5.41, 5.74) is -0.191. The molecule has 0 radical (unpaired) electrons. The van der Waals surface area contributed by atoms with Gasteiger partial charge in [-0.15, -0.1) is 0 Å². The maximum atomic E-state index is 11.7. The van der Waals surface area contributed by atoms with Gasteiger partial charge in [0.1, 0.15) is 0 Å². The van der Waals surface area contributed by atoms with E-state index in [-0.39, 0.29) is 28.6 Å². The minimum Gasteiger partial charge on any atom is -0.351 e. The van der Waals surface area contributed by atoms with Gasteiger partial charge in [0.05, 0.1) is 21.3 Å². The molecule has 0 aliphatic heterocycles. The summed E-state index contributed by atoms with van der Waals surface area (Å²) in [6.07, 6.45) is 0. The van der Waals surface area contributed by atoms with Crippen LogP contribution >= 0.6 is 11.6 Å². The Balaban J connectivity index is 2.71. The third-order valence-electron chi connectivity index (χ3n) is 2.38. The van der Waals surface area contributed by atoms with Crippen molar-refractivity contribution < 1.29 is 18.1 Å². The van der Waals surface area contributed by atoms with Gasteiger partial charge in [0, 0.05) is 18.7 Å². The van der Waals surface area contributed by atoms with E-state index in [1.807, 2.05) is 0 Å². The Labute approximate surface area is 120 Å². The van der Waals surface area contributed by atoms with Crippen molar-refractivity contribution in [2.75, 3.05) is 19.3 Å². The fraction of sp³-hybridized carbons (Fsp3) is 0.300. The monoisotopic (exact) mass is 321 g/mol. The normalized spacial score (nSPS) is 11.1. The van der Waals surface area contributed by atoms with Crippen LogP contribution < -0.4 is 10.0 Å². The Morgan fingerprint density at radius 2 is 2.10 bits per heavy atom. The SMILES string of the molecule is CNS(=O)(=O)CCNC(=O)c1ccc([N+](=O)[O-])cc1Cl. The largest absolute Gasteiger partial charge is 0.351 e. The maximum Gasteiger partial charge on any atom is 0.270 e. The number of halogens is 1. The molecule has 8 nitrogen and oxygen atoms in total. The fourth-order valence-corrected chi connectivity index (χ4v) is 2.13. The molecule has 0 spiro atoms.